The van der Waals surface area contributed by atoms with E-state index in [2.05, 4.69) is 36.8 Å². The molecule has 0 aromatic carbocycles. The molecule has 3 rings (SSSR count). The average molecular weight is 266 g/mol. The number of pyridine rings is 1. The van der Waals surface area contributed by atoms with Crippen LogP contribution in [-0.4, -0.2) is 22.5 Å². The normalized spacial score (nSPS) is 21.3. The van der Waals surface area contributed by atoms with Crippen LogP contribution < -0.4 is 5.32 Å². The lowest BCUT2D eigenvalue weighted by atomic mass is 10.1. The molecule has 3 nitrogen and oxygen atoms in total. The Morgan fingerprint density at radius 3 is 3.27 bits per heavy atom. The van der Waals surface area contributed by atoms with E-state index < -0.39 is 0 Å². The van der Waals surface area contributed by atoms with Crippen molar-refractivity contribution in [3.8, 4) is 0 Å². The molecule has 0 spiro atoms. The first-order valence-electron chi connectivity index (χ1n) is 5.18. The fraction of sp³-hybridized carbons (Fsp3) is 0.364. The third-order valence-corrected chi connectivity index (χ3v) is 3.64. The minimum Gasteiger partial charge on any atom is -0.316 e. The Kier molecular flexibility index (Phi) is 2.25. The standard InChI is InChI=1S/C11H12BrN3/c12-9-2-1-5-15-10(9)7-14-11(15)8-3-4-13-6-8/h1-2,5,7-8,13H,3-4,6H2. The summed E-state index contributed by atoms with van der Waals surface area (Å²) < 4.78 is 3.29. The summed E-state index contributed by atoms with van der Waals surface area (Å²) in [5.41, 5.74) is 1.15. The van der Waals surface area contributed by atoms with Gasteiger partial charge in [-0.15, -0.1) is 0 Å². The van der Waals surface area contributed by atoms with E-state index in [0.717, 1.165) is 23.1 Å². The Balaban J connectivity index is 2.15. The van der Waals surface area contributed by atoms with Crippen LogP contribution in [0.4, 0.5) is 0 Å². The molecule has 1 fully saturated rings. The molecule has 1 N–H and O–H groups in total. The molecule has 2 aromatic rings. The maximum absolute atomic E-state index is 4.53. The maximum Gasteiger partial charge on any atom is 0.117 e. The molecule has 2 aromatic heterocycles. The zero-order valence-corrected chi connectivity index (χ0v) is 9.87. The Morgan fingerprint density at radius 2 is 2.47 bits per heavy atom. The topological polar surface area (TPSA) is 29.3 Å². The zero-order valence-electron chi connectivity index (χ0n) is 8.28. The summed E-state index contributed by atoms with van der Waals surface area (Å²) in [7, 11) is 0. The third-order valence-electron chi connectivity index (χ3n) is 2.97. The maximum atomic E-state index is 4.53. The largest absolute Gasteiger partial charge is 0.316 e. The summed E-state index contributed by atoms with van der Waals surface area (Å²) in [6.45, 7) is 2.15. The molecule has 0 amide bonds. The van der Waals surface area contributed by atoms with E-state index >= 15 is 0 Å². The van der Waals surface area contributed by atoms with Crippen LogP contribution in [0.2, 0.25) is 0 Å². The van der Waals surface area contributed by atoms with E-state index in [4.69, 9.17) is 0 Å². The number of aromatic nitrogens is 2. The summed E-state index contributed by atoms with van der Waals surface area (Å²) in [6.07, 6.45) is 5.21. The molecule has 0 aliphatic carbocycles. The van der Waals surface area contributed by atoms with Gasteiger partial charge in [-0.3, -0.25) is 0 Å². The van der Waals surface area contributed by atoms with Crippen LogP contribution in [0, 0.1) is 0 Å². The molecule has 15 heavy (non-hydrogen) atoms. The molecule has 1 aliphatic rings. The van der Waals surface area contributed by atoms with Gasteiger partial charge in [0.05, 0.1) is 11.7 Å². The first kappa shape index (κ1) is 9.36. The highest BCUT2D eigenvalue weighted by Gasteiger charge is 2.21. The second-order valence-electron chi connectivity index (χ2n) is 3.92. The van der Waals surface area contributed by atoms with Crippen molar-refractivity contribution in [3.63, 3.8) is 0 Å². The van der Waals surface area contributed by atoms with E-state index in [-0.39, 0.29) is 0 Å². The van der Waals surface area contributed by atoms with Gasteiger partial charge in [0.1, 0.15) is 5.82 Å². The molecule has 1 atom stereocenters. The Morgan fingerprint density at radius 1 is 1.53 bits per heavy atom. The van der Waals surface area contributed by atoms with E-state index in [0.29, 0.717) is 5.92 Å². The number of imidazole rings is 1. The molecular weight excluding hydrogens is 254 g/mol. The Hall–Kier alpha value is -0.870. The van der Waals surface area contributed by atoms with Gasteiger partial charge in [-0.2, -0.15) is 0 Å². The summed E-state index contributed by atoms with van der Waals surface area (Å²) in [4.78, 5) is 4.53. The highest BCUT2D eigenvalue weighted by Crippen LogP contribution is 2.25. The first-order chi connectivity index (χ1) is 7.36. The quantitative estimate of drug-likeness (QED) is 0.857. The number of hydrogen-bond donors (Lipinski definition) is 1. The lowest BCUT2D eigenvalue weighted by molar-refractivity contribution is 0.698. The number of halogens is 1. The molecule has 0 radical (unpaired) electrons. The molecule has 1 saturated heterocycles. The van der Waals surface area contributed by atoms with E-state index in [1.165, 1.54) is 12.2 Å². The van der Waals surface area contributed by atoms with Crippen molar-refractivity contribution < 1.29 is 0 Å². The molecular formula is C11H12BrN3. The van der Waals surface area contributed by atoms with E-state index in [9.17, 15) is 0 Å². The van der Waals surface area contributed by atoms with Gasteiger partial charge in [0.25, 0.3) is 0 Å². The number of hydrogen-bond acceptors (Lipinski definition) is 2. The van der Waals surface area contributed by atoms with Crippen LogP contribution >= 0.6 is 15.9 Å². The van der Waals surface area contributed by atoms with Crippen LogP contribution in [0.5, 0.6) is 0 Å². The fourth-order valence-corrected chi connectivity index (χ4v) is 2.63. The number of rotatable bonds is 1. The van der Waals surface area contributed by atoms with Gasteiger partial charge in [0.2, 0.25) is 0 Å². The van der Waals surface area contributed by atoms with Gasteiger partial charge in [-0.05, 0) is 41.0 Å². The molecule has 0 bridgehead atoms. The summed E-state index contributed by atoms with van der Waals surface area (Å²) in [5, 5.41) is 3.37. The Labute approximate surface area is 96.6 Å². The number of fused-ring (bicyclic) bond motifs is 1. The SMILES string of the molecule is Brc1cccn2c(C3CCNC3)ncc12. The Bertz CT molecular complexity index is 486. The molecule has 3 heterocycles. The van der Waals surface area contributed by atoms with Crippen molar-refractivity contribution in [3.05, 3.63) is 34.8 Å². The van der Waals surface area contributed by atoms with E-state index in [1.54, 1.807) is 0 Å². The smallest absolute Gasteiger partial charge is 0.117 e. The lowest BCUT2D eigenvalue weighted by Gasteiger charge is -2.07. The third kappa shape index (κ3) is 1.48. The number of nitrogens with zero attached hydrogens (tertiary/aromatic N) is 2. The highest BCUT2D eigenvalue weighted by molar-refractivity contribution is 9.10. The second kappa shape index (κ2) is 3.61. The molecule has 78 valence electrons. The fourth-order valence-electron chi connectivity index (χ4n) is 2.18. The van der Waals surface area contributed by atoms with Gasteiger partial charge < -0.3 is 9.72 Å². The summed E-state index contributed by atoms with van der Waals surface area (Å²) in [5.74, 6) is 1.73. The van der Waals surface area contributed by atoms with Crippen molar-refractivity contribution in [2.75, 3.05) is 13.1 Å². The van der Waals surface area contributed by atoms with Crippen LogP contribution in [0.25, 0.3) is 5.52 Å². The van der Waals surface area contributed by atoms with Crippen LogP contribution in [0.1, 0.15) is 18.2 Å². The zero-order chi connectivity index (χ0) is 10.3. The summed E-state index contributed by atoms with van der Waals surface area (Å²) >= 11 is 3.54. The lowest BCUT2D eigenvalue weighted by Crippen LogP contribution is -2.10. The van der Waals surface area contributed by atoms with Crippen molar-refractivity contribution in [2.24, 2.45) is 0 Å². The monoisotopic (exact) mass is 265 g/mol. The van der Waals surface area contributed by atoms with Crippen LogP contribution in [0.3, 0.4) is 0 Å². The van der Waals surface area contributed by atoms with Gasteiger partial charge in [-0.25, -0.2) is 4.98 Å². The highest BCUT2D eigenvalue weighted by atomic mass is 79.9. The van der Waals surface area contributed by atoms with Gasteiger partial charge in [0.15, 0.2) is 0 Å². The molecule has 1 unspecified atom stereocenters. The van der Waals surface area contributed by atoms with Crippen molar-refractivity contribution in [1.82, 2.24) is 14.7 Å². The minimum absolute atomic E-state index is 0.557. The average Bonchev–Trinajstić information content (AvgIpc) is 2.85. The van der Waals surface area contributed by atoms with Crippen molar-refractivity contribution in [2.45, 2.75) is 12.3 Å². The molecule has 1 aliphatic heterocycles. The predicted octanol–water partition coefficient (Wildman–Crippen LogP) is 2.17. The molecule has 4 heteroatoms. The van der Waals surface area contributed by atoms with Gasteiger partial charge in [0, 0.05) is 23.1 Å². The van der Waals surface area contributed by atoms with E-state index in [1.807, 2.05) is 18.3 Å². The van der Waals surface area contributed by atoms with Crippen LogP contribution in [0.15, 0.2) is 29.0 Å². The van der Waals surface area contributed by atoms with Crippen molar-refractivity contribution in [1.29, 1.82) is 0 Å². The van der Waals surface area contributed by atoms with Gasteiger partial charge >= 0.3 is 0 Å². The predicted molar refractivity (Wildman–Crippen MR) is 63.1 cm³/mol. The number of nitrogens with one attached hydrogen (secondary N) is 1. The van der Waals surface area contributed by atoms with Crippen molar-refractivity contribution >= 4 is 21.4 Å². The second-order valence-corrected chi connectivity index (χ2v) is 4.77. The summed E-state index contributed by atoms with van der Waals surface area (Å²) in [6, 6.07) is 4.10. The minimum atomic E-state index is 0.557. The molecule has 0 saturated carbocycles. The van der Waals surface area contributed by atoms with Gasteiger partial charge in [-0.1, -0.05) is 0 Å². The van der Waals surface area contributed by atoms with Crippen LogP contribution in [-0.2, 0) is 0 Å². The first-order valence-corrected chi connectivity index (χ1v) is 5.98.